The van der Waals surface area contributed by atoms with Gasteiger partial charge in [0.25, 0.3) is 0 Å². The van der Waals surface area contributed by atoms with E-state index in [1.807, 2.05) is 7.05 Å². The average molecular weight is 465 g/mol. The first kappa shape index (κ1) is 21.7. The number of thiophene rings is 1. The van der Waals surface area contributed by atoms with E-state index in [-0.39, 0.29) is 24.0 Å². The lowest BCUT2D eigenvalue weighted by molar-refractivity contribution is 0.105. The van der Waals surface area contributed by atoms with Crippen molar-refractivity contribution in [1.82, 2.24) is 10.6 Å². The van der Waals surface area contributed by atoms with Crippen molar-refractivity contribution in [3.63, 3.8) is 0 Å². The molecule has 1 aliphatic carbocycles. The molecule has 1 heterocycles. The molecule has 1 aromatic rings. The van der Waals surface area contributed by atoms with Crippen molar-refractivity contribution in [2.24, 2.45) is 10.4 Å². The quantitative estimate of drug-likeness (QED) is 0.260. The molecule has 24 heavy (non-hydrogen) atoms. The summed E-state index contributed by atoms with van der Waals surface area (Å²) in [5.41, 5.74) is 1.73. The predicted molar refractivity (Wildman–Crippen MR) is 115 cm³/mol. The number of nitrogens with zero attached hydrogens (tertiary/aromatic N) is 1. The van der Waals surface area contributed by atoms with Gasteiger partial charge in [-0.25, -0.2) is 0 Å². The zero-order valence-corrected chi connectivity index (χ0v) is 18.3. The third-order valence-corrected chi connectivity index (χ3v) is 5.91. The van der Waals surface area contributed by atoms with E-state index >= 15 is 0 Å². The molecule has 6 heteroatoms. The molecule has 0 atom stereocenters. The lowest BCUT2D eigenvalue weighted by Gasteiger charge is -2.30. The minimum Gasteiger partial charge on any atom is -0.382 e. The second-order valence-corrected chi connectivity index (χ2v) is 7.46. The highest BCUT2D eigenvalue weighted by atomic mass is 127. The molecular formula is C18H32IN3OS. The van der Waals surface area contributed by atoms with Crippen LogP contribution in [0.5, 0.6) is 0 Å². The van der Waals surface area contributed by atoms with E-state index in [4.69, 9.17) is 4.74 Å². The molecule has 0 aromatic carbocycles. The second kappa shape index (κ2) is 11.3. The van der Waals surface area contributed by atoms with Gasteiger partial charge in [0.2, 0.25) is 0 Å². The van der Waals surface area contributed by atoms with Crippen LogP contribution in [0.2, 0.25) is 0 Å². The first-order valence-electron chi connectivity index (χ1n) is 8.74. The maximum absolute atomic E-state index is 5.59. The summed E-state index contributed by atoms with van der Waals surface area (Å²) in [6, 6.07) is 2.17. The zero-order valence-electron chi connectivity index (χ0n) is 15.2. The lowest BCUT2D eigenvalue weighted by Crippen LogP contribution is -2.43. The number of guanidine groups is 1. The van der Waals surface area contributed by atoms with Crippen molar-refractivity contribution in [3.8, 4) is 0 Å². The average Bonchev–Trinajstić information content (AvgIpc) is 3.18. The fourth-order valence-corrected chi connectivity index (χ4v) is 4.16. The maximum atomic E-state index is 5.59. The Balaban J connectivity index is 0.00000288. The van der Waals surface area contributed by atoms with Crippen LogP contribution < -0.4 is 10.6 Å². The summed E-state index contributed by atoms with van der Waals surface area (Å²) in [5, 5.41) is 9.13. The molecule has 1 aromatic heterocycles. The number of hydrogen-bond acceptors (Lipinski definition) is 3. The standard InChI is InChI=1S/C18H31N3OS.HI/c1-4-22-11-10-18(8-5-6-9-18)14-21-17(19-3)20-13-16-15(2)7-12-23-16;/h7,12H,4-6,8-11,13-14H2,1-3H3,(H2,19,20,21);1H. The Morgan fingerprint density at radius 3 is 2.67 bits per heavy atom. The van der Waals surface area contributed by atoms with Crippen molar-refractivity contribution in [2.75, 3.05) is 26.8 Å². The Morgan fingerprint density at radius 2 is 2.08 bits per heavy atom. The molecule has 2 rings (SSSR count). The first-order chi connectivity index (χ1) is 11.2. The Morgan fingerprint density at radius 1 is 1.33 bits per heavy atom. The minimum absolute atomic E-state index is 0. The van der Waals surface area contributed by atoms with Crippen LogP contribution in [0.1, 0.15) is 49.5 Å². The molecule has 0 bridgehead atoms. The summed E-state index contributed by atoms with van der Waals surface area (Å²) in [4.78, 5) is 5.75. The molecule has 2 N–H and O–H groups in total. The van der Waals surface area contributed by atoms with E-state index in [0.717, 1.165) is 38.7 Å². The van der Waals surface area contributed by atoms with Gasteiger partial charge in [0.1, 0.15) is 0 Å². The van der Waals surface area contributed by atoms with Crippen molar-refractivity contribution in [1.29, 1.82) is 0 Å². The monoisotopic (exact) mass is 465 g/mol. The van der Waals surface area contributed by atoms with Crippen molar-refractivity contribution >= 4 is 41.3 Å². The van der Waals surface area contributed by atoms with Crippen LogP contribution in [0, 0.1) is 12.3 Å². The van der Waals surface area contributed by atoms with Crippen LogP contribution in [-0.4, -0.2) is 32.8 Å². The number of aliphatic imine (C=N–C) groups is 1. The topological polar surface area (TPSA) is 45.6 Å². The number of nitrogens with one attached hydrogen (secondary N) is 2. The molecule has 0 saturated heterocycles. The number of halogens is 1. The SMILES string of the molecule is CCOCCC1(CNC(=NC)NCc2sccc2C)CCCC1.I. The summed E-state index contributed by atoms with van der Waals surface area (Å²) >= 11 is 1.80. The predicted octanol–water partition coefficient (Wildman–Crippen LogP) is 4.33. The third-order valence-electron chi connectivity index (χ3n) is 4.88. The highest BCUT2D eigenvalue weighted by molar-refractivity contribution is 14.0. The van der Waals surface area contributed by atoms with Crippen LogP contribution >= 0.6 is 35.3 Å². The summed E-state index contributed by atoms with van der Waals surface area (Å²) in [7, 11) is 1.85. The number of aryl methyl sites for hydroxylation is 1. The van der Waals surface area contributed by atoms with Gasteiger partial charge in [-0.1, -0.05) is 12.8 Å². The van der Waals surface area contributed by atoms with Gasteiger partial charge in [0.15, 0.2) is 5.96 Å². The van der Waals surface area contributed by atoms with Gasteiger partial charge in [-0.3, -0.25) is 4.99 Å². The van der Waals surface area contributed by atoms with E-state index in [9.17, 15) is 0 Å². The number of rotatable bonds is 8. The van der Waals surface area contributed by atoms with Gasteiger partial charge >= 0.3 is 0 Å². The Bertz CT molecular complexity index is 498. The van der Waals surface area contributed by atoms with Crippen LogP contribution in [0.3, 0.4) is 0 Å². The van der Waals surface area contributed by atoms with Crippen LogP contribution in [-0.2, 0) is 11.3 Å². The van der Waals surface area contributed by atoms with Crippen LogP contribution in [0.25, 0.3) is 0 Å². The molecule has 0 radical (unpaired) electrons. The summed E-state index contributed by atoms with van der Waals surface area (Å²) in [6.07, 6.45) is 6.43. The van der Waals surface area contributed by atoms with E-state index in [2.05, 4.69) is 40.9 Å². The van der Waals surface area contributed by atoms with Gasteiger partial charge in [-0.2, -0.15) is 0 Å². The molecule has 138 valence electrons. The molecule has 4 nitrogen and oxygen atoms in total. The molecule has 1 aliphatic rings. The highest BCUT2D eigenvalue weighted by Gasteiger charge is 2.33. The van der Waals surface area contributed by atoms with Crippen molar-refractivity contribution in [3.05, 3.63) is 21.9 Å². The van der Waals surface area contributed by atoms with Crippen molar-refractivity contribution < 1.29 is 4.74 Å². The molecule has 0 aliphatic heterocycles. The Hall–Kier alpha value is -0.340. The summed E-state index contributed by atoms with van der Waals surface area (Å²) in [5.74, 6) is 0.903. The Kier molecular flexibility index (Phi) is 10.2. The summed E-state index contributed by atoms with van der Waals surface area (Å²) in [6.45, 7) is 7.74. The van der Waals surface area contributed by atoms with Gasteiger partial charge in [0.05, 0.1) is 6.54 Å². The molecule has 1 saturated carbocycles. The highest BCUT2D eigenvalue weighted by Crippen LogP contribution is 2.40. The molecule has 0 amide bonds. The summed E-state index contributed by atoms with van der Waals surface area (Å²) < 4.78 is 5.59. The second-order valence-electron chi connectivity index (χ2n) is 6.46. The fourth-order valence-electron chi connectivity index (χ4n) is 3.31. The number of hydrogen-bond donors (Lipinski definition) is 2. The van der Waals surface area contributed by atoms with Crippen LogP contribution in [0.4, 0.5) is 0 Å². The van der Waals surface area contributed by atoms with Gasteiger partial charge in [0, 0.05) is 31.7 Å². The molecule has 0 unspecified atom stereocenters. The van der Waals surface area contributed by atoms with E-state index < -0.39 is 0 Å². The lowest BCUT2D eigenvalue weighted by atomic mass is 9.83. The molecular weight excluding hydrogens is 433 g/mol. The molecule has 0 spiro atoms. The zero-order chi connectivity index (χ0) is 16.5. The normalized spacial score (nSPS) is 16.7. The van der Waals surface area contributed by atoms with Gasteiger partial charge in [-0.15, -0.1) is 35.3 Å². The van der Waals surface area contributed by atoms with E-state index in [1.165, 1.54) is 36.1 Å². The smallest absolute Gasteiger partial charge is 0.191 e. The largest absolute Gasteiger partial charge is 0.382 e. The van der Waals surface area contributed by atoms with Gasteiger partial charge < -0.3 is 15.4 Å². The van der Waals surface area contributed by atoms with Crippen LogP contribution in [0.15, 0.2) is 16.4 Å². The maximum Gasteiger partial charge on any atom is 0.191 e. The fraction of sp³-hybridized carbons (Fsp3) is 0.722. The van der Waals surface area contributed by atoms with E-state index in [0.29, 0.717) is 5.41 Å². The third kappa shape index (κ3) is 6.52. The Labute approximate surface area is 167 Å². The van der Waals surface area contributed by atoms with E-state index in [1.54, 1.807) is 11.3 Å². The van der Waals surface area contributed by atoms with Crippen molar-refractivity contribution in [2.45, 2.75) is 52.5 Å². The number of ether oxygens (including phenoxy) is 1. The first-order valence-corrected chi connectivity index (χ1v) is 9.62. The minimum atomic E-state index is 0. The molecule has 1 fully saturated rings. The van der Waals surface area contributed by atoms with Gasteiger partial charge in [-0.05, 0) is 55.5 Å².